The molecule has 1 aliphatic heterocycles. The van der Waals surface area contributed by atoms with E-state index in [2.05, 4.69) is 4.98 Å². The van der Waals surface area contributed by atoms with Crippen LogP contribution in [0, 0.1) is 6.92 Å². The average Bonchev–Trinajstić information content (AvgIpc) is 2.65. The summed E-state index contributed by atoms with van der Waals surface area (Å²) < 4.78 is 6.92. The normalized spacial score (nSPS) is 28.5. The van der Waals surface area contributed by atoms with Crippen LogP contribution in [0.2, 0.25) is 0 Å². The van der Waals surface area contributed by atoms with Gasteiger partial charge in [0, 0.05) is 18.2 Å². The van der Waals surface area contributed by atoms with E-state index in [1.165, 1.54) is 4.57 Å². The molecule has 2 heterocycles. The molecule has 0 amide bonds. The number of aliphatic hydroxyl groups excluding tert-OH is 2. The van der Waals surface area contributed by atoms with Gasteiger partial charge in [-0.3, -0.25) is 9.36 Å². The van der Waals surface area contributed by atoms with E-state index in [1.807, 2.05) is 0 Å². The average molecular weight is 241 g/mol. The van der Waals surface area contributed by atoms with E-state index in [-0.39, 0.29) is 18.1 Å². The van der Waals surface area contributed by atoms with Crippen molar-refractivity contribution in [2.45, 2.75) is 31.8 Å². The highest BCUT2D eigenvalue weighted by Crippen LogP contribution is 2.29. The molecular formula is C10H15N3O4. The first-order valence-corrected chi connectivity index (χ1v) is 5.32. The first-order valence-electron chi connectivity index (χ1n) is 5.32. The summed E-state index contributed by atoms with van der Waals surface area (Å²) in [6.45, 7) is 1.37. The van der Waals surface area contributed by atoms with E-state index in [9.17, 15) is 9.90 Å². The van der Waals surface area contributed by atoms with Crippen LogP contribution in [0.15, 0.2) is 11.0 Å². The molecule has 1 aromatic heterocycles. The summed E-state index contributed by atoms with van der Waals surface area (Å²) in [5.74, 6) is 0.0383. The second-order valence-corrected chi connectivity index (χ2v) is 4.11. The lowest BCUT2D eigenvalue weighted by atomic mass is 10.2. The Morgan fingerprint density at radius 2 is 2.41 bits per heavy atom. The molecule has 1 aromatic rings. The number of anilines is 1. The van der Waals surface area contributed by atoms with E-state index in [1.54, 1.807) is 13.1 Å². The van der Waals surface area contributed by atoms with Crippen molar-refractivity contribution in [2.24, 2.45) is 0 Å². The Kier molecular flexibility index (Phi) is 3.14. The monoisotopic (exact) mass is 241 g/mol. The molecule has 7 nitrogen and oxygen atoms in total. The zero-order valence-electron chi connectivity index (χ0n) is 9.41. The van der Waals surface area contributed by atoms with Crippen LogP contribution in [0.3, 0.4) is 0 Å². The number of nitrogen functional groups attached to an aromatic ring is 1. The van der Waals surface area contributed by atoms with Gasteiger partial charge in [-0.2, -0.15) is 4.98 Å². The van der Waals surface area contributed by atoms with Gasteiger partial charge >= 0.3 is 0 Å². The fraction of sp³-hybridized carbons (Fsp3) is 0.600. The summed E-state index contributed by atoms with van der Waals surface area (Å²) in [5, 5.41) is 18.6. The molecule has 1 saturated heterocycles. The summed E-state index contributed by atoms with van der Waals surface area (Å²) in [6.07, 6.45) is -0.0291. The van der Waals surface area contributed by atoms with Gasteiger partial charge in [0.05, 0.1) is 12.7 Å². The van der Waals surface area contributed by atoms with Crippen LogP contribution in [-0.2, 0) is 4.74 Å². The molecule has 4 N–H and O–H groups in total. The topological polar surface area (TPSA) is 111 Å². The Morgan fingerprint density at radius 1 is 1.71 bits per heavy atom. The molecule has 0 bridgehead atoms. The van der Waals surface area contributed by atoms with Gasteiger partial charge in [-0.1, -0.05) is 0 Å². The molecule has 2 rings (SSSR count). The number of nitrogens with two attached hydrogens (primary N) is 1. The number of ether oxygens (including phenoxy) is 1. The van der Waals surface area contributed by atoms with E-state index < -0.39 is 18.4 Å². The minimum absolute atomic E-state index is 0.0383. The van der Waals surface area contributed by atoms with Crippen LogP contribution in [0.25, 0.3) is 0 Å². The molecule has 0 saturated carbocycles. The third kappa shape index (κ3) is 2.17. The van der Waals surface area contributed by atoms with Gasteiger partial charge in [0.15, 0.2) is 0 Å². The van der Waals surface area contributed by atoms with Crippen LogP contribution in [0.4, 0.5) is 5.95 Å². The highest BCUT2D eigenvalue weighted by molar-refractivity contribution is 5.21. The first-order chi connectivity index (χ1) is 8.02. The quantitative estimate of drug-likeness (QED) is 0.598. The minimum Gasteiger partial charge on any atom is -0.394 e. The van der Waals surface area contributed by atoms with Gasteiger partial charge in [-0.05, 0) is 6.92 Å². The number of hydrogen-bond donors (Lipinski definition) is 3. The van der Waals surface area contributed by atoms with Gasteiger partial charge in [0.25, 0.3) is 5.56 Å². The molecule has 0 aromatic carbocycles. The van der Waals surface area contributed by atoms with Crippen molar-refractivity contribution in [1.29, 1.82) is 0 Å². The molecule has 7 heteroatoms. The van der Waals surface area contributed by atoms with E-state index >= 15 is 0 Å². The SMILES string of the molecule is Cc1cn([C@@H]2C[C@H](O)[C@@H](CO)O2)c(N)nc1=O. The van der Waals surface area contributed by atoms with E-state index in [0.717, 1.165) is 0 Å². The molecule has 0 spiro atoms. The number of hydrogen-bond acceptors (Lipinski definition) is 6. The summed E-state index contributed by atoms with van der Waals surface area (Å²) >= 11 is 0. The lowest BCUT2D eigenvalue weighted by Gasteiger charge is -2.17. The summed E-state index contributed by atoms with van der Waals surface area (Å²) in [4.78, 5) is 14.9. The van der Waals surface area contributed by atoms with E-state index in [4.69, 9.17) is 15.6 Å². The standard InChI is InChI=1S/C10H15N3O4/c1-5-3-13(10(11)12-9(5)16)8-2-6(15)7(4-14)17-8/h3,6-8,14-15H,2,4H2,1H3,(H2,11,12,16)/t6-,7+,8-/m0/s1. The molecule has 0 radical (unpaired) electrons. The fourth-order valence-corrected chi connectivity index (χ4v) is 1.86. The minimum atomic E-state index is -0.746. The van der Waals surface area contributed by atoms with Gasteiger partial charge < -0.3 is 20.7 Å². The Morgan fingerprint density at radius 3 is 3.00 bits per heavy atom. The Hall–Kier alpha value is -1.44. The Bertz CT molecular complexity index is 473. The molecule has 3 atom stereocenters. The van der Waals surface area contributed by atoms with Gasteiger partial charge in [0.2, 0.25) is 5.95 Å². The van der Waals surface area contributed by atoms with Crippen LogP contribution in [0.5, 0.6) is 0 Å². The number of nitrogens with zero attached hydrogens (tertiary/aromatic N) is 2. The van der Waals surface area contributed by atoms with Gasteiger partial charge in [0.1, 0.15) is 12.3 Å². The van der Waals surface area contributed by atoms with Crippen molar-refractivity contribution in [3.05, 3.63) is 22.1 Å². The van der Waals surface area contributed by atoms with Crippen LogP contribution in [0.1, 0.15) is 18.2 Å². The van der Waals surface area contributed by atoms with Crippen LogP contribution >= 0.6 is 0 Å². The predicted molar refractivity (Wildman–Crippen MR) is 59.3 cm³/mol. The highest BCUT2D eigenvalue weighted by atomic mass is 16.5. The predicted octanol–water partition coefficient (Wildman–Crippen LogP) is -1.23. The largest absolute Gasteiger partial charge is 0.394 e. The fourth-order valence-electron chi connectivity index (χ4n) is 1.86. The number of aryl methyl sites for hydroxylation is 1. The second-order valence-electron chi connectivity index (χ2n) is 4.11. The van der Waals surface area contributed by atoms with Crippen molar-refractivity contribution in [1.82, 2.24) is 9.55 Å². The second kappa shape index (κ2) is 4.44. The van der Waals surface area contributed by atoms with Gasteiger partial charge in [-0.25, -0.2) is 0 Å². The van der Waals surface area contributed by atoms with Crippen molar-refractivity contribution < 1.29 is 14.9 Å². The first kappa shape index (κ1) is 12.0. The molecule has 94 valence electrons. The smallest absolute Gasteiger partial charge is 0.277 e. The number of aliphatic hydroxyl groups is 2. The summed E-state index contributed by atoms with van der Waals surface area (Å²) in [5.41, 5.74) is 5.70. The van der Waals surface area contributed by atoms with Crippen LogP contribution < -0.4 is 11.3 Å². The van der Waals surface area contributed by atoms with Crippen molar-refractivity contribution in [2.75, 3.05) is 12.3 Å². The maximum absolute atomic E-state index is 11.3. The van der Waals surface area contributed by atoms with Crippen LogP contribution in [-0.4, -0.2) is 38.6 Å². The third-order valence-corrected chi connectivity index (χ3v) is 2.85. The van der Waals surface area contributed by atoms with Gasteiger partial charge in [-0.15, -0.1) is 0 Å². The Balaban J connectivity index is 2.30. The van der Waals surface area contributed by atoms with Crippen molar-refractivity contribution in [3.8, 4) is 0 Å². The molecular weight excluding hydrogens is 226 g/mol. The zero-order chi connectivity index (χ0) is 12.6. The molecule has 17 heavy (non-hydrogen) atoms. The number of rotatable bonds is 2. The summed E-state index contributed by atoms with van der Waals surface area (Å²) in [6, 6.07) is 0. The number of aromatic nitrogens is 2. The van der Waals surface area contributed by atoms with Crippen molar-refractivity contribution >= 4 is 5.95 Å². The van der Waals surface area contributed by atoms with E-state index in [0.29, 0.717) is 12.0 Å². The third-order valence-electron chi connectivity index (χ3n) is 2.85. The Labute approximate surface area is 97.5 Å². The maximum Gasteiger partial charge on any atom is 0.277 e. The molecule has 1 aliphatic rings. The zero-order valence-corrected chi connectivity index (χ0v) is 9.41. The molecule has 0 aliphatic carbocycles. The maximum atomic E-state index is 11.3. The summed E-state index contributed by atoms with van der Waals surface area (Å²) in [7, 11) is 0. The lowest BCUT2D eigenvalue weighted by Crippen LogP contribution is -2.25. The molecule has 0 unspecified atom stereocenters. The van der Waals surface area contributed by atoms with Crippen molar-refractivity contribution in [3.63, 3.8) is 0 Å². The lowest BCUT2D eigenvalue weighted by molar-refractivity contribution is -0.0440. The highest BCUT2D eigenvalue weighted by Gasteiger charge is 2.34. The molecule has 1 fully saturated rings.